The molecule has 5 rings (SSSR count). The van der Waals surface area contributed by atoms with E-state index in [9.17, 15) is 27.2 Å². The van der Waals surface area contributed by atoms with Crippen LogP contribution in [0.3, 0.4) is 0 Å². The van der Waals surface area contributed by atoms with Gasteiger partial charge in [0.2, 0.25) is 0 Å². The minimum absolute atomic E-state index is 0.0256. The number of likely N-dealkylation sites (tertiary alicyclic amines) is 2. The lowest BCUT2D eigenvalue weighted by atomic mass is 9.99. The number of nitrogens with zero attached hydrogens (tertiary/aromatic N) is 2. The van der Waals surface area contributed by atoms with Crippen molar-refractivity contribution in [2.45, 2.75) is 30.9 Å². The number of carbonyl (C=O) groups is 2. The number of hydrogen-bond acceptors (Lipinski definition) is 3. The number of nitrogens with one attached hydrogen (secondary N) is 1. The molecule has 2 fully saturated rings. The summed E-state index contributed by atoms with van der Waals surface area (Å²) in [5.41, 5.74) is 0.651. The maximum atomic E-state index is 14.9. The molecule has 38 heavy (non-hydrogen) atoms. The van der Waals surface area contributed by atoms with E-state index in [4.69, 9.17) is 0 Å². The Balaban J connectivity index is 1.10. The first-order chi connectivity index (χ1) is 18.2. The van der Waals surface area contributed by atoms with E-state index in [2.05, 4.69) is 5.32 Å². The molecule has 0 saturated carbocycles. The molecule has 5 nitrogen and oxygen atoms in total. The van der Waals surface area contributed by atoms with Gasteiger partial charge in [-0.1, -0.05) is 42.5 Å². The molecule has 198 valence electrons. The normalized spacial score (nSPS) is 18.8. The molecule has 1 N–H and O–H groups in total. The van der Waals surface area contributed by atoms with Crippen molar-refractivity contribution >= 4 is 11.8 Å². The zero-order valence-electron chi connectivity index (χ0n) is 20.5. The van der Waals surface area contributed by atoms with Crippen LogP contribution in [-0.2, 0) is 6.18 Å². The number of hydrogen-bond donors (Lipinski definition) is 1. The zero-order chi connectivity index (χ0) is 26.9. The average Bonchev–Trinajstić information content (AvgIpc) is 3.38. The molecule has 2 atom stereocenters. The van der Waals surface area contributed by atoms with Gasteiger partial charge in [0.25, 0.3) is 11.8 Å². The Morgan fingerprint density at radius 3 is 1.87 bits per heavy atom. The Hall–Kier alpha value is -3.72. The predicted molar refractivity (Wildman–Crippen MR) is 134 cm³/mol. The van der Waals surface area contributed by atoms with E-state index in [0.29, 0.717) is 37.3 Å². The van der Waals surface area contributed by atoms with Crippen LogP contribution < -0.4 is 5.32 Å². The molecular formula is C29H27F4N3O2. The predicted octanol–water partition coefficient (Wildman–Crippen LogP) is 5.09. The summed E-state index contributed by atoms with van der Waals surface area (Å²) in [5, 5.41) is 3.54. The fourth-order valence-electron chi connectivity index (χ4n) is 4.94. The van der Waals surface area contributed by atoms with E-state index in [1.807, 2.05) is 35.2 Å². The number of rotatable bonds is 6. The average molecular weight is 526 g/mol. The first-order valence-electron chi connectivity index (χ1n) is 12.5. The third-order valence-corrected chi connectivity index (χ3v) is 7.12. The van der Waals surface area contributed by atoms with Gasteiger partial charge in [-0.25, -0.2) is 4.39 Å². The van der Waals surface area contributed by atoms with Crippen LogP contribution in [0.1, 0.15) is 50.0 Å². The van der Waals surface area contributed by atoms with Crippen molar-refractivity contribution in [3.8, 4) is 0 Å². The van der Waals surface area contributed by atoms with Crippen molar-refractivity contribution in [1.29, 1.82) is 0 Å². The summed E-state index contributed by atoms with van der Waals surface area (Å²) < 4.78 is 53.1. The van der Waals surface area contributed by atoms with Gasteiger partial charge in [0.15, 0.2) is 6.17 Å². The van der Waals surface area contributed by atoms with E-state index >= 15 is 0 Å². The van der Waals surface area contributed by atoms with E-state index in [1.165, 1.54) is 12.1 Å². The van der Waals surface area contributed by atoms with Crippen LogP contribution in [0.15, 0.2) is 78.9 Å². The van der Waals surface area contributed by atoms with Crippen molar-refractivity contribution < 1.29 is 27.2 Å². The second-order valence-corrected chi connectivity index (χ2v) is 9.78. The molecule has 2 saturated heterocycles. The third kappa shape index (κ3) is 5.57. The van der Waals surface area contributed by atoms with E-state index in [0.717, 1.165) is 30.7 Å². The van der Waals surface area contributed by atoms with Gasteiger partial charge in [0.05, 0.1) is 5.56 Å². The molecule has 0 aliphatic carbocycles. The summed E-state index contributed by atoms with van der Waals surface area (Å²) in [4.78, 5) is 29.0. The number of benzene rings is 3. The standard InChI is InChI=1S/C29H27F4N3O2/c30-26(20-10-12-23(13-11-20)29(31,32)33)19-6-8-22(9-7-19)28(38)36-17-25(18-36)34-24-14-15-35(16-24)27(37)21-4-2-1-3-5-21/h1-13,24-26,34H,14-18H2/t24-,26?/m0/s1. The van der Waals surface area contributed by atoms with Gasteiger partial charge in [-0.3, -0.25) is 9.59 Å². The van der Waals surface area contributed by atoms with Gasteiger partial charge in [0.1, 0.15) is 0 Å². The Bertz CT molecular complexity index is 1270. The van der Waals surface area contributed by atoms with Crippen molar-refractivity contribution in [2.24, 2.45) is 0 Å². The molecule has 0 spiro atoms. The summed E-state index contributed by atoms with van der Waals surface area (Å²) in [5.74, 6) is -0.135. The van der Waals surface area contributed by atoms with Crippen LogP contribution in [0.25, 0.3) is 0 Å². The third-order valence-electron chi connectivity index (χ3n) is 7.12. The topological polar surface area (TPSA) is 52.7 Å². The molecular weight excluding hydrogens is 498 g/mol. The highest BCUT2D eigenvalue weighted by Crippen LogP contribution is 2.32. The van der Waals surface area contributed by atoms with Gasteiger partial charge in [-0.2, -0.15) is 13.2 Å². The van der Waals surface area contributed by atoms with Crippen molar-refractivity contribution in [2.75, 3.05) is 26.2 Å². The second kappa shape index (κ2) is 10.6. The first kappa shape index (κ1) is 25.9. The van der Waals surface area contributed by atoms with Gasteiger partial charge >= 0.3 is 6.18 Å². The van der Waals surface area contributed by atoms with Gasteiger partial charge < -0.3 is 15.1 Å². The summed E-state index contributed by atoms with van der Waals surface area (Å²) in [7, 11) is 0. The maximum absolute atomic E-state index is 14.9. The highest BCUT2D eigenvalue weighted by atomic mass is 19.4. The largest absolute Gasteiger partial charge is 0.416 e. The lowest BCUT2D eigenvalue weighted by molar-refractivity contribution is -0.137. The molecule has 0 radical (unpaired) electrons. The molecule has 3 aromatic rings. The quantitative estimate of drug-likeness (QED) is 0.456. The Kier molecular flexibility index (Phi) is 7.21. The monoisotopic (exact) mass is 525 g/mol. The second-order valence-electron chi connectivity index (χ2n) is 9.78. The fourth-order valence-corrected chi connectivity index (χ4v) is 4.94. The van der Waals surface area contributed by atoms with Crippen molar-refractivity contribution in [3.63, 3.8) is 0 Å². The molecule has 0 bridgehead atoms. The van der Waals surface area contributed by atoms with Crippen LogP contribution in [0.2, 0.25) is 0 Å². The summed E-state index contributed by atoms with van der Waals surface area (Å²) in [6, 6.07) is 19.6. The summed E-state index contributed by atoms with van der Waals surface area (Å²) >= 11 is 0. The van der Waals surface area contributed by atoms with E-state index in [-0.39, 0.29) is 35.0 Å². The summed E-state index contributed by atoms with van der Waals surface area (Å²) in [6.07, 6.45) is -5.22. The lowest BCUT2D eigenvalue weighted by Gasteiger charge is -2.41. The minimum atomic E-state index is -4.48. The molecule has 2 amide bonds. The van der Waals surface area contributed by atoms with Crippen LogP contribution >= 0.6 is 0 Å². The Morgan fingerprint density at radius 1 is 0.737 bits per heavy atom. The first-order valence-corrected chi connectivity index (χ1v) is 12.5. The molecule has 0 aromatic heterocycles. The zero-order valence-corrected chi connectivity index (χ0v) is 20.5. The number of carbonyl (C=O) groups excluding carboxylic acids is 2. The minimum Gasteiger partial charge on any atom is -0.337 e. The van der Waals surface area contributed by atoms with Crippen molar-refractivity contribution in [1.82, 2.24) is 15.1 Å². The molecule has 2 heterocycles. The molecule has 9 heteroatoms. The molecule has 2 aliphatic rings. The Labute approximate surface area is 218 Å². The fraction of sp³-hybridized carbons (Fsp3) is 0.310. The lowest BCUT2D eigenvalue weighted by Crippen LogP contribution is -2.62. The van der Waals surface area contributed by atoms with Crippen LogP contribution in [0.4, 0.5) is 17.6 Å². The van der Waals surface area contributed by atoms with E-state index in [1.54, 1.807) is 17.0 Å². The van der Waals surface area contributed by atoms with Crippen LogP contribution in [0, 0.1) is 0 Å². The van der Waals surface area contributed by atoms with Gasteiger partial charge in [-0.15, -0.1) is 0 Å². The molecule has 2 aliphatic heterocycles. The summed E-state index contributed by atoms with van der Waals surface area (Å²) in [6.45, 7) is 2.40. The molecule has 3 aromatic carbocycles. The molecule has 1 unspecified atom stereocenters. The number of amides is 2. The van der Waals surface area contributed by atoms with Crippen LogP contribution in [-0.4, -0.2) is 59.9 Å². The maximum Gasteiger partial charge on any atom is 0.416 e. The Morgan fingerprint density at radius 2 is 1.26 bits per heavy atom. The van der Waals surface area contributed by atoms with Gasteiger partial charge in [0, 0.05) is 49.4 Å². The van der Waals surface area contributed by atoms with Crippen molar-refractivity contribution in [3.05, 3.63) is 107 Å². The van der Waals surface area contributed by atoms with Crippen LogP contribution in [0.5, 0.6) is 0 Å². The van der Waals surface area contributed by atoms with E-state index < -0.39 is 17.9 Å². The smallest absolute Gasteiger partial charge is 0.337 e. The number of alkyl halides is 4. The highest BCUT2D eigenvalue weighted by molar-refractivity contribution is 5.95. The highest BCUT2D eigenvalue weighted by Gasteiger charge is 2.35. The number of halogens is 4. The SMILES string of the molecule is O=C(c1ccc(C(F)c2ccc(C(F)(F)F)cc2)cc1)N1CC(N[C@H]2CCN(C(=O)c3ccccc3)C2)C1. The van der Waals surface area contributed by atoms with Gasteiger partial charge in [-0.05, 0) is 53.9 Å².